The van der Waals surface area contributed by atoms with Crippen LogP contribution in [0.1, 0.15) is 54.8 Å². The SMILES string of the molecule is Fc1cc2c(cc1C1CCCCN1)CCCC2. The molecule has 1 N–H and O–H groups in total. The molecule has 2 heteroatoms. The summed E-state index contributed by atoms with van der Waals surface area (Å²) in [6.07, 6.45) is 8.19. The molecule has 0 amide bonds. The molecular weight excluding hydrogens is 213 g/mol. The maximum Gasteiger partial charge on any atom is 0.128 e. The van der Waals surface area contributed by atoms with Gasteiger partial charge in [0, 0.05) is 11.6 Å². The van der Waals surface area contributed by atoms with Crippen molar-refractivity contribution in [3.63, 3.8) is 0 Å². The summed E-state index contributed by atoms with van der Waals surface area (Å²) in [5, 5.41) is 3.44. The molecule has 1 nitrogen and oxygen atoms in total. The van der Waals surface area contributed by atoms with Crippen LogP contribution >= 0.6 is 0 Å². The van der Waals surface area contributed by atoms with Gasteiger partial charge < -0.3 is 5.32 Å². The zero-order valence-electron chi connectivity index (χ0n) is 10.3. The van der Waals surface area contributed by atoms with Crippen molar-refractivity contribution in [3.05, 3.63) is 34.6 Å². The minimum Gasteiger partial charge on any atom is -0.310 e. The highest BCUT2D eigenvalue weighted by molar-refractivity contribution is 5.36. The molecule has 1 aromatic carbocycles. The number of rotatable bonds is 1. The third kappa shape index (κ3) is 2.23. The fourth-order valence-corrected chi connectivity index (χ4v) is 3.16. The molecule has 17 heavy (non-hydrogen) atoms. The Morgan fingerprint density at radius 2 is 1.76 bits per heavy atom. The van der Waals surface area contributed by atoms with E-state index in [0.717, 1.165) is 31.4 Å². The average Bonchev–Trinajstić information content (AvgIpc) is 2.39. The van der Waals surface area contributed by atoms with E-state index in [-0.39, 0.29) is 11.9 Å². The number of hydrogen-bond acceptors (Lipinski definition) is 1. The molecule has 0 spiro atoms. The molecule has 1 heterocycles. The number of aryl methyl sites for hydroxylation is 2. The van der Waals surface area contributed by atoms with Gasteiger partial charge in [-0.25, -0.2) is 4.39 Å². The molecule has 1 aliphatic carbocycles. The summed E-state index contributed by atoms with van der Waals surface area (Å²) >= 11 is 0. The Morgan fingerprint density at radius 3 is 2.47 bits per heavy atom. The van der Waals surface area contributed by atoms with Crippen molar-refractivity contribution < 1.29 is 4.39 Å². The third-order valence-electron chi connectivity index (χ3n) is 4.15. The van der Waals surface area contributed by atoms with E-state index >= 15 is 0 Å². The van der Waals surface area contributed by atoms with Crippen LogP contribution in [0.3, 0.4) is 0 Å². The van der Waals surface area contributed by atoms with Crippen LogP contribution in [0.5, 0.6) is 0 Å². The summed E-state index contributed by atoms with van der Waals surface area (Å²) < 4.78 is 14.1. The predicted octanol–water partition coefficient (Wildman–Crippen LogP) is 3.52. The first-order valence-electron chi connectivity index (χ1n) is 6.89. The van der Waals surface area contributed by atoms with E-state index in [1.54, 1.807) is 6.07 Å². The Kier molecular flexibility index (Phi) is 3.15. The van der Waals surface area contributed by atoms with E-state index in [0.29, 0.717) is 0 Å². The van der Waals surface area contributed by atoms with E-state index in [1.165, 1.54) is 36.8 Å². The van der Waals surface area contributed by atoms with Crippen molar-refractivity contribution in [2.75, 3.05) is 6.54 Å². The average molecular weight is 233 g/mol. The fraction of sp³-hybridized carbons (Fsp3) is 0.600. The highest BCUT2D eigenvalue weighted by Gasteiger charge is 2.21. The molecule has 0 aromatic heterocycles. The predicted molar refractivity (Wildman–Crippen MR) is 67.6 cm³/mol. The maximum absolute atomic E-state index is 14.1. The van der Waals surface area contributed by atoms with Crippen molar-refractivity contribution >= 4 is 0 Å². The first kappa shape index (κ1) is 11.2. The Balaban J connectivity index is 1.93. The Morgan fingerprint density at radius 1 is 1.00 bits per heavy atom. The van der Waals surface area contributed by atoms with Crippen LogP contribution in [0.15, 0.2) is 12.1 Å². The van der Waals surface area contributed by atoms with Crippen molar-refractivity contribution in [2.24, 2.45) is 0 Å². The lowest BCUT2D eigenvalue weighted by molar-refractivity contribution is 0.399. The topological polar surface area (TPSA) is 12.0 Å². The quantitative estimate of drug-likeness (QED) is 0.782. The van der Waals surface area contributed by atoms with E-state index in [4.69, 9.17) is 0 Å². The van der Waals surface area contributed by atoms with Crippen molar-refractivity contribution in [2.45, 2.75) is 51.0 Å². The number of piperidine rings is 1. The van der Waals surface area contributed by atoms with Crippen LogP contribution in [0.2, 0.25) is 0 Å². The number of hydrogen-bond donors (Lipinski definition) is 1. The van der Waals surface area contributed by atoms with Crippen LogP contribution < -0.4 is 5.32 Å². The normalized spacial score (nSPS) is 24.4. The van der Waals surface area contributed by atoms with Gasteiger partial charge in [0.1, 0.15) is 5.82 Å². The van der Waals surface area contributed by atoms with Crippen molar-refractivity contribution in [3.8, 4) is 0 Å². The molecule has 1 atom stereocenters. The lowest BCUT2D eigenvalue weighted by atomic mass is 9.87. The second-order valence-electron chi connectivity index (χ2n) is 5.35. The van der Waals surface area contributed by atoms with Crippen molar-refractivity contribution in [1.29, 1.82) is 0 Å². The first-order valence-corrected chi connectivity index (χ1v) is 6.89. The molecule has 0 radical (unpaired) electrons. The standard InChI is InChI=1S/C15H20FN/c16-14-10-12-6-2-1-5-11(12)9-13(14)15-7-3-4-8-17-15/h9-10,15,17H,1-8H2. The molecule has 3 rings (SSSR count). The minimum atomic E-state index is 0.00468. The molecule has 2 aliphatic rings. The monoisotopic (exact) mass is 233 g/mol. The maximum atomic E-state index is 14.1. The largest absolute Gasteiger partial charge is 0.310 e. The minimum absolute atomic E-state index is 0.00468. The molecule has 1 fully saturated rings. The number of nitrogens with one attached hydrogen (secondary N) is 1. The lowest BCUT2D eigenvalue weighted by Crippen LogP contribution is -2.27. The van der Waals surface area contributed by atoms with Crippen LogP contribution in [0.25, 0.3) is 0 Å². The van der Waals surface area contributed by atoms with Gasteiger partial charge in [-0.15, -0.1) is 0 Å². The second kappa shape index (κ2) is 4.77. The molecule has 0 saturated carbocycles. The number of benzene rings is 1. The van der Waals surface area contributed by atoms with Gasteiger partial charge >= 0.3 is 0 Å². The molecular formula is C15H20FN. The van der Waals surface area contributed by atoms with Gasteiger partial charge in [0.2, 0.25) is 0 Å². The molecule has 1 aliphatic heterocycles. The first-order chi connectivity index (χ1) is 8.34. The second-order valence-corrected chi connectivity index (χ2v) is 5.35. The molecule has 92 valence electrons. The Bertz CT molecular complexity index is 408. The lowest BCUT2D eigenvalue weighted by Gasteiger charge is -2.26. The van der Waals surface area contributed by atoms with Gasteiger partial charge in [-0.3, -0.25) is 0 Å². The van der Waals surface area contributed by atoms with Gasteiger partial charge in [0.25, 0.3) is 0 Å². The number of fused-ring (bicyclic) bond motifs is 1. The summed E-state index contributed by atoms with van der Waals surface area (Å²) in [5.74, 6) is 0.00468. The van der Waals surface area contributed by atoms with E-state index in [9.17, 15) is 4.39 Å². The highest BCUT2D eigenvalue weighted by atomic mass is 19.1. The fourth-order valence-electron chi connectivity index (χ4n) is 3.16. The summed E-state index contributed by atoms with van der Waals surface area (Å²) in [7, 11) is 0. The number of halogens is 1. The van der Waals surface area contributed by atoms with E-state index < -0.39 is 0 Å². The Labute approximate surface area is 102 Å². The Hall–Kier alpha value is -0.890. The zero-order valence-corrected chi connectivity index (χ0v) is 10.3. The summed E-state index contributed by atoms with van der Waals surface area (Å²) in [4.78, 5) is 0. The van der Waals surface area contributed by atoms with Crippen LogP contribution in [-0.2, 0) is 12.8 Å². The molecule has 1 aromatic rings. The molecule has 1 saturated heterocycles. The van der Waals surface area contributed by atoms with Gasteiger partial charge in [0.05, 0.1) is 0 Å². The summed E-state index contributed by atoms with van der Waals surface area (Å²) in [6, 6.07) is 4.17. The molecule has 1 unspecified atom stereocenters. The van der Waals surface area contributed by atoms with Crippen LogP contribution in [-0.4, -0.2) is 6.54 Å². The van der Waals surface area contributed by atoms with E-state index in [2.05, 4.69) is 11.4 Å². The molecule has 0 bridgehead atoms. The van der Waals surface area contributed by atoms with Gasteiger partial charge in [-0.1, -0.05) is 12.5 Å². The van der Waals surface area contributed by atoms with Crippen LogP contribution in [0.4, 0.5) is 4.39 Å². The van der Waals surface area contributed by atoms with E-state index in [1.807, 2.05) is 0 Å². The van der Waals surface area contributed by atoms with Crippen molar-refractivity contribution in [1.82, 2.24) is 5.32 Å². The van der Waals surface area contributed by atoms with Gasteiger partial charge in [-0.2, -0.15) is 0 Å². The van der Waals surface area contributed by atoms with Crippen LogP contribution in [0, 0.1) is 5.82 Å². The summed E-state index contributed by atoms with van der Waals surface area (Å²) in [6.45, 7) is 1.03. The summed E-state index contributed by atoms with van der Waals surface area (Å²) in [5.41, 5.74) is 3.54. The smallest absolute Gasteiger partial charge is 0.128 e. The van der Waals surface area contributed by atoms with Gasteiger partial charge in [0.15, 0.2) is 0 Å². The zero-order chi connectivity index (χ0) is 11.7. The highest BCUT2D eigenvalue weighted by Crippen LogP contribution is 2.30. The van der Waals surface area contributed by atoms with Gasteiger partial charge in [-0.05, 0) is 62.3 Å². The third-order valence-corrected chi connectivity index (χ3v) is 4.15.